The molecule has 2 N–H and O–H groups in total. The van der Waals surface area contributed by atoms with Crippen molar-refractivity contribution in [2.24, 2.45) is 11.7 Å². The van der Waals surface area contributed by atoms with Gasteiger partial charge < -0.3 is 15.2 Å². The molecule has 1 saturated heterocycles. The fourth-order valence-corrected chi connectivity index (χ4v) is 2.16. The lowest BCUT2D eigenvalue weighted by Crippen LogP contribution is -2.42. The maximum Gasteiger partial charge on any atom is 0.295 e. The highest BCUT2D eigenvalue weighted by molar-refractivity contribution is 5.90. The number of nitrogens with zero attached hydrogens (tertiary/aromatic N) is 3. The molecule has 2 rings (SSSR count). The largest absolute Gasteiger partial charge is 0.339 e. The minimum Gasteiger partial charge on any atom is -0.339 e. The summed E-state index contributed by atoms with van der Waals surface area (Å²) in [5, 5.41) is 3.64. The number of piperidine rings is 1. The van der Waals surface area contributed by atoms with Crippen LogP contribution in [0, 0.1) is 12.8 Å². The van der Waals surface area contributed by atoms with Gasteiger partial charge in [-0.05, 0) is 25.7 Å². The van der Waals surface area contributed by atoms with E-state index in [0.29, 0.717) is 11.8 Å². The van der Waals surface area contributed by atoms with Gasteiger partial charge in [0.1, 0.15) is 0 Å². The summed E-state index contributed by atoms with van der Waals surface area (Å²) in [5.41, 5.74) is 5.86. The van der Waals surface area contributed by atoms with E-state index in [0.717, 1.165) is 25.9 Å². The Bertz CT molecular complexity index is 394. The van der Waals surface area contributed by atoms with Crippen LogP contribution in [0.2, 0.25) is 0 Å². The minimum absolute atomic E-state index is 0.148. The van der Waals surface area contributed by atoms with Gasteiger partial charge in [-0.1, -0.05) is 5.16 Å². The van der Waals surface area contributed by atoms with E-state index in [-0.39, 0.29) is 17.8 Å². The summed E-state index contributed by atoms with van der Waals surface area (Å²) in [5.74, 6) is 0.927. The average Bonchev–Trinajstić information content (AvgIpc) is 2.75. The van der Waals surface area contributed by atoms with E-state index < -0.39 is 0 Å². The second-order valence-corrected chi connectivity index (χ2v) is 4.63. The molecule has 1 atom stereocenters. The molecule has 6 heteroatoms. The van der Waals surface area contributed by atoms with Crippen LogP contribution in [0.25, 0.3) is 0 Å². The Labute approximate surface area is 100 Å². The highest BCUT2D eigenvalue weighted by Gasteiger charge is 2.27. The summed E-state index contributed by atoms with van der Waals surface area (Å²) in [6, 6.07) is 0.194. The molecule has 1 unspecified atom stereocenters. The zero-order chi connectivity index (χ0) is 12.4. The van der Waals surface area contributed by atoms with Crippen molar-refractivity contribution in [2.45, 2.75) is 32.7 Å². The SMILES string of the molecule is Cc1nc(C(=O)N2CCC(C(C)N)CC2)no1. The summed E-state index contributed by atoms with van der Waals surface area (Å²) in [4.78, 5) is 17.7. The molecule has 0 aromatic carbocycles. The normalized spacial score (nSPS) is 19.4. The number of rotatable bonds is 2. The second-order valence-electron chi connectivity index (χ2n) is 4.63. The van der Waals surface area contributed by atoms with Crippen molar-refractivity contribution in [3.63, 3.8) is 0 Å². The van der Waals surface area contributed by atoms with Gasteiger partial charge in [0.15, 0.2) is 0 Å². The first-order chi connectivity index (χ1) is 8.08. The maximum absolute atomic E-state index is 12.0. The maximum atomic E-state index is 12.0. The third-order valence-corrected chi connectivity index (χ3v) is 3.29. The van der Waals surface area contributed by atoms with Crippen LogP contribution in [0.3, 0.4) is 0 Å². The molecule has 17 heavy (non-hydrogen) atoms. The lowest BCUT2D eigenvalue weighted by Gasteiger charge is -2.32. The Hall–Kier alpha value is -1.43. The van der Waals surface area contributed by atoms with E-state index >= 15 is 0 Å². The number of aromatic nitrogens is 2. The molecule has 1 amide bonds. The minimum atomic E-state index is -0.148. The van der Waals surface area contributed by atoms with Gasteiger partial charge in [0.05, 0.1) is 0 Å². The first kappa shape index (κ1) is 12.0. The summed E-state index contributed by atoms with van der Waals surface area (Å²) < 4.78 is 4.81. The summed E-state index contributed by atoms with van der Waals surface area (Å²) >= 11 is 0. The van der Waals surface area contributed by atoms with Crippen LogP contribution in [0.1, 0.15) is 36.3 Å². The highest BCUT2D eigenvalue weighted by Crippen LogP contribution is 2.20. The van der Waals surface area contributed by atoms with E-state index in [1.165, 1.54) is 0 Å². The van der Waals surface area contributed by atoms with Crippen LogP contribution >= 0.6 is 0 Å². The molecule has 2 heterocycles. The summed E-state index contributed by atoms with van der Waals surface area (Å²) in [7, 11) is 0. The molecule has 0 spiro atoms. The van der Waals surface area contributed by atoms with E-state index in [4.69, 9.17) is 10.3 Å². The lowest BCUT2D eigenvalue weighted by atomic mass is 9.91. The van der Waals surface area contributed by atoms with Gasteiger partial charge in [0.25, 0.3) is 11.7 Å². The Balaban J connectivity index is 1.95. The molecule has 0 saturated carbocycles. The molecule has 1 fully saturated rings. The molecular weight excluding hydrogens is 220 g/mol. The Kier molecular flexibility index (Phi) is 3.42. The number of carbonyl (C=O) groups excluding carboxylic acids is 1. The fraction of sp³-hybridized carbons (Fsp3) is 0.727. The quantitative estimate of drug-likeness (QED) is 0.814. The molecule has 1 aromatic rings. The Morgan fingerprint density at radius 2 is 2.18 bits per heavy atom. The topological polar surface area (TPSA) is 85.2 Å². The molecule has 0 bridgehead atoms. The second kappa shape index (κ2) is 4.83. The molecule has 1 aromatic heterocycles. The summed E-state index contributed by atoms with van der Waals surface area (Å²) in [6.07, 6.45) is 1.89. The number of hydrogen-bond donors (Lipinski definition) is 1. The highest BCUT2D eigenvalue weighted by atomic mass is 16.5. The predicted octanol–water partition coefficient (Wildman–Crippen LogP) is 0.577. The summed E-state index contributed by atoms with van der Waals surface area (Å²) in [6.45, 7) is 5.13. The standard InChI is InChI=1S/C11H18N4O2/c1-7(12)9-3-5-15(6-4-9)11(16)10-13-8(2)17-14-10/h7,9H,3-6,12H2,1-2H3. The van der Waals surface area contributed by atoms with E-state index in [1.54, 1.807) is 11.8 Å². The van der Waals surface area contributed by atoms with Crippen molar-refractivity contribution in [2.75, 3.05) is 13.1 Å². The molecule has 6 nitrogen and oxygen atoms in total. The van der Waals surface area contributed by atoms with Crippen LogP contribution in [0.4, 0.5) is 0 Å². The van der Waals surface area contributed by atoms with Gasteiger partial charge in [0.2, 0.25) is 5.89 Å². The average molecular weight is 238 g/mol. The first-order valence-electron chi connectivity index (χ1n) is 5.93. The third kappa shape index (κ3) is 2.63. The van der Waals surface area contributed by atoms with E-state index in [9.17, 15) is 4.79 Å². The van der Waals surface area contributed by atoms with Crippen molar-refractivity contribution in [1.29, 1.82) is 0 Å². The van der Waals surface area contributed by atoms with E-state index in [2.05, 4.69) is 10.1 Å². The van der Waals surface area contributed by atoms with Gasteiger partial charge in [-0.25, -0.2) is 0 Å². The lowest BCUT2D eigenvalue weighted by molar-refractivity contribution is 0.0665. The van der Waals surface area contributed by atoms with Crippen molar-refractivity contribution in [3.8, 4) is 0 Å². The molecule has 0 radical (unpaired) electrons. The van der Waals surface area contributed by atoms with Crippen LogP contribution in [0.15, 0.2) is 4.52 Å². The molecule has 1 aliphatic rings. The zero-order valence-electron chi connectivity index (χ0n) is 10.2. The van der Waals surface area contributed by atoms with Crippen molar-refractivity contribution < 1.29 is 9.32 Å². The predicted molar refractivity (Wildman–Crippen MR) is 61.3 cm³/mol. The van der Waals surface area contributed by atoms with Gasteiger partial charge in [0, 0.05) is 26.1 Å². The number of carbonyl (C=O) groups is 1. The monoisotopic (exact) mass is 238 g/mol. The van der Waals surface area contributed by atoms with Crippen molar-refractivity contribution >= 4 is 5.91 Å². The van der Waals surface area contributed by atoms with Crippen LogP contribution in [-0.4, -0.2) is 40.1 Å². The third-order valence-electron chi connectivity index (χ3n) is 3.29. The van der Waals surface area contributed by atoms with Crippen LogP contribution < -0.4 is 5.73 Å². The number of nitrogens with two attached hydrogens (primary N) is 1. The molecular formula is C11H18N4O2. The Morgan fingerprint density at radius 3 is 2.65 bits per heavy atom. The Morgan fingerprint density at radius 1 is 1.53 bits per heavy atom. The van der Waals surface area contributed by atoms with Crippen LogP contribution in [0.5, 0.6) is 0 Å². The van der Waals surface area contributed by atoms with Gasteiger partial charge in [-0.3, -0.25) is 4.79 Å². The molecule has 1 aliphatic heterocycles. The van der Waals surface area contributed by atoms with Gasteiger partial charge in [-0.15, -0.1) is 0 Å². The molecule has 0 aliphatic carbocycles. The molecule has 94 valence electrons. The zero-order valence-corrected chi connectivity index (χ0v) is 10.2. The fourth-order valence-electron chi connectivity index (χ4n) is 2.16. The number of amides is 1. The number of likely N-dealkylation sites (tertiary alicyclic amines) is 1. The number of aryl methyl sites for hydroxylation is 1. The number of hydrogen-bond acceptors (Lipinski definition) is 5. The van der Waals surface area contributed by atoms with Crippen LogP contribution in [-0.2, 0) is 0 Å². The van der Waals surface area contributed by atoms with Gasteiger partial charge >= 0.3 is 0 Å². The van der Waals surface area contributed by atoms with Crippen molar-refractivity contribution in [1.82, 2.24) is 15.0 Å². The van der Waals surface area contributed by atoms with Gasteiger partial charge in [-0.2, -0.15) is 4.98 Å². The van der Waals surface area contributed by atoms with Crippen molar-refractivity contribution in [3.05, 3.63) is 11.7 Å². The smallest absolute Gasteiger partial charge is 0.295 e. The first-order valence-corrected chi connectivity index (χ1v) is 5.93. The van der Waals surface area contributed by atoms with E-state index in [1.807, 2.05) is 6.92 Å².